The van der Waals surface area contributed by atoms with Gasteiger partial charge in [0.1, 0.15) is 0 Å². The Morgan fingerprint density at radius 2 is 1.79 bits per heavy atom. The number of rotatable bonds is 6. The number of morpholine rings is 1. The normalized spacial score (nSPS) is 16.2. The van der Waals surface area contributed by atoms with Crippen molar-refractivity contribution in [1.29, 1.82) is 0 Å². The molecule has 0 amide bonds. The van der Waals surface area contributed by atoms with Crippen molar-refractivity contribution >= 4 is 5.69 Å². The van der Waals surface area contributed by atoms with Gasteiger partial charge in [0.05, 0.1) is 19.3 Å². The molecule has 0 aliphatic carbocycles. The van der Waals surface area contributed by atoms with E-state index in [2.05, 4.69) is 34.5 Å². The van der Waals surface area contributed by atoms with E-state index in [1.54, 1.807) is 0 Å². The van der Waals surface area contributed by atoms with Crippen molar-refractivity contribution in [3.8, 4) is 0 Å². The first kappa shape index (κ1) is 17.0. The summed E-state index contributed by atoms with van der Waals surface area (Å²) in [6.07, 6.45) is -0.473. The molecule has 1 heterocycles. The quantitative estimate of drug-likeness (QED) is 0.857. The molecule has 1 atom stereocenters. The molecule has 128 valence electrons. The van der Waals surface area contributed by atoms with Crippen molar-refractivity contribution in [1.82, 2.24) is 5.32 Å². The molecule has 2 aromatic rings. The molecule has 1 unspecified atom stereocenters. The fourth-order valence-corrected chi connectivity index (χ4v) is 3.07. The number of aliphatic hydroxyl groups is 1. The number of aryl methyl sites for hydroxylation is 1. The minimum atomic E-state index is -0.473. The van der Waals surface area contributed by atoms with E-state index in [4.69, 9.17) is 4.74 Å². The molecule has 3 rings (SSSR count). The number of aliphatic hydroxyl groups excluding tert-OH is 1. The van der Waals surface area contributed by atoms with Crippen molar-refractivity contribution in [2.24, 2.45) is 0 Å². The first-order valence-electron chi connectivity index (χ1n) is 8.60. The highest BCUT2D eigenvalue weighted by atomic mass is 16.5. The summed E-state index contributed by atoms with van der Waals surface area (Å²) in [5, 5.41) is 13.7. The lowest BCUT2D eigenvalue weighted by atomic mass is 10.0. The second kappa shape index (κ2) is 8.29. The van der Waals surface area contributed by atoms with E-state index in [0.717, 1.165) is 44.0 Å². The van der Waals surface area contributed by atoms with Crippen molar-refractivity contribution in [2.45, 2.75) is 19.6 Å². The van der Waals surface area contributed by atoms with Crippen LogP contribution < -0.4 is 10.2 Å². The zero-order chi connectivity index (χ0) is 16.8. The number of hydrogen-bond acceptors (Lipinski definition) is 4. The second-order valence-corrected chi connectivity index (χ2v) is 6.27. The predicted octanol–water partition coefficient (Wildman–Crippen LogP) is 2.65. The summed E-state index contributed by atoms with van der Waals surface area (Å²) in [5.41, 5.74) is 4.60. The smallest absolute Gasteiger partial charge is 0.0917 e. The Labute approximate surface area is 144 Å². The zero-order valence-corrected chi connectivity index (χ0v) is 14.2. The molecule has 0 radical (unpaired) electrons. The highest BCUT2D eigenvalue weighted by Crippen LogP contribution is 2.18. The first-order chi connectivity index (χ1) is 11.7. The summed E-state index contributed by atoms with van der Waals surface area (Å²) in [6, 6.07) is 16.6. The number of benzene rings is 2. The average molecular weight is 326 g/mol. The monoisotopic (exact) mass is 326 g/mol. The molecule has 0 bridgehead atoms. The van der Waals surface area contributed by atoms with Crippen LogP contribution in [0.4, 0.5) is 5.69 Å². The fourth-order valence-electron chi connectivity index (χ4n) is 3.07. The van der Waals surface area contributed by atoms with Crippen molar-refractivity contribution < 1.29 is 9.84 Å². The molecule has 2 N–H and O–H groups in total. The Morgan fingerprint density at radius 3 is 2.50 bits per heavy atom. The van der Waals surface area contributed by atoms with Gasteiger partial charge in [0.15, 0.2) is 0 Å². The van der Waals surface area contributed by atoms with Crippen molar-refractivity contribution in [3.63, 3.8) is 0 Å². The molecule has 1 fully saturated rings. The Hall–Kier alpha value is -1.88. The maximum Gasteiger partial charge on any atom is 0.0917 e. The molecular formula is C20H26N2O2. The zero-order valence-electron chi connectivity index (χ0n) is 14.2. The molecular weight excluding hydrogens is 300 g/mol. The van der Waals surface area contributed by atoms with Gasteiger partial charge >= 0.3 is 0 Å². The van der Waals surface area contributed by atoms with Crippen LogP contribution in [-0.2, 0) is 11.3 Å². The summed E-state index contributed by atoms with van der Waals surface area (Å²) < 4.78 is 5.39. The first-order valence-corrected chi connectivity index (χ1v) is 8.60. The molecule has 24 heavy (non-hydrogen) atoms. The van der Waals surface area contributed by atoms with Gasteiger partial charge in [-0.1, -0.05) is 36.4 Å². The van der Waals surface area contributed by atoms with Crippen LogP contribution in [0.25, 0.3) is 0 Å². The Kier molecular flexibility index (Phi) is 5.86. The lowest BCUT2D eigenvalue weighted by Crippen LogP contribution is -2.36. The molecule has 2 aromatic carbocycles. The molecule has 0 spiro atoms. The summed E-state index contributed by atoms with van der Waals surface area (Å²) in [5.74, 6) is 0. The molecule has 1 aliphatic rings. The SMILES string of the molecule is Cc1ccccc1C(O)CNCc1ccc(N2CCOCC2)cc1. The number of hydrogen-bond donors (Lipinski definition) is 2. The molecule has 4 nitrogen and oxygen atoms in total. The van der Waals surface area contributed by atoms with E-state index < -0.39 is 6.10 Å². The van der Waals surface area contributed by atoms with Crippen LogP contribution in [-0.4, -0.2) is 38.0 Å². The molecule has 0 saturated carbocycles. The highest BCUT2D eigenvalue weighted by Gasteiger charge is 2.11. The van der Waals surface area contributed by atoms with Gasteiger partial charge in [-0.25, -0.2) is 0 Å². The van der Waals surface area contributed by atoms with E-state index in [0.29, 0.717) is 6.54 Å². The van der Waals surface area contributed by atoms with Gasteiger partial charge < -0.3 is 20.1 Å². The van der Waals surface area contributed by atoms with Crippen LogP contribution in [0.15, 0.2) is 48.5 Å². The number of anilines is 1. The third kappa shape index (κ3) is 4.35. The van der Waals surface area contributed by atoms with Gasteiger partial charge in [0.25, 0.3) is 0 Å². The number of ether oxygens (including phenoxy) is 1. The molecule has 1 aliphatic heterocycles. The lowest BCUT2D eigenvalue weighted by molar-refractivity contribution is 0.122. The summed E-state index contributed by atoms with van der Waals surface area (Å²) >= 11 is 0. The van der Waals surface area contributed by atoms with Gasteiger partial charge in [0.2, 0.25) is 0 Å². The summed E-state index contributed by atoms with van der Waals surface area (Å²) in [4.78, 5) is 2.35. The van der Waals surface area contributed by atoms with Crippen LogP contribution in [0.2, 0.25) is 0 Å². The number of nitrogens with zero attached hydrogens (tertiary/aromatic N) is 1. The van der Waals surface area contributed by atoms with E-state index in [-0.39, 0.29) is 0 Å². The third-order valence-electron chi connectivity index (χ3n) is 4.53. The van der Waals surface area contributed by atoms with Crippen LogP contribution in [0.5, 0.6) is 0 Å². The number of nitrogens with one attached hydrogen (secondary N) is 1. The summed E-state index contributed by atoms with van der Waals surface area (Å²) in [6.45, 7) is 6.87. The highest BCUT2D eigenvalue weighted by molar-refractivity contribution is 5.47. The van der Waals surface area contributed by atoms with Crippen LogP contribution in [0, 0.1) is 6.92 Å². The van der Waals surface area contributed by atoms with Crippen molar-refractivity contribution in [3.05, 3.63) is 65.2 Å². The van der Waals surface area contributed by atoms with E-state index >= 15 is 0 Å². The van der Waals surface area contributed by atoms with Crippen LogP contribution in [0.3, 0.4) is 0 Å². The van der Waals surface area contributed by atoms with Crippen LogP contribution >= 0.6 is 0 Å². The van der Waals surface area contributed by atoms with Gasteiger partial charge in [-0.05, 0) is 35.7 Å². The Bertz CT molecular complexity index is 636. The fraction of sp³-hybridized carbons (Fsp3) is 0.400. The van der Waals surface area contributed by atoms with E-state index in [9.17, 15) is 5.11 Å². The Morgan fingerprint density at radius 1 is 1.08 bits per heavy atom. The molecule has 0 aromatic heterocycles. The maximum atomic E-state index is 10.3. The minimum Gasteiger partial charge on any atom is -0.387 e. The lowest BCUT2D eigenvalue weighted by Gasteiger charge is -2.28. The van der Waals surface area contributed by atoms with E-state index in [1.165, 1.54) is 11.3 Å². The van der Waals surface area contributed by atoms with Crippen LogP contribution in [0.1, 0.15) is 22.8 Å². The molecule has 4 heteroatoms. The standard InChI is InChI=1S/C20H26N2O2/c1-16-4-2-3-5-19(16)20(23)15-21-14-17-6-8-18(9-7-17)22-10-12-24-13-11-22/h2-9,20-21,23H,10-15H2,1H3. The van der Waals surface area contributed by atoms with Gasteiger partial charge in [-0.15, -0.1) is 0 Å². The summed E-state index contributed by atoms with van der Waals surface area (Å²) in [7, 11) is 0. The topological polar surface area (TPSA) is 44.7 Å². The Balaban J connectivity index is 1.49. The van der Waals surface area contributed by atoms with Gasteiger partial charge in [-0.3, -0.25) is 0 Å². The van der Waals surface area contributed by atoms with Gasteiger partial charge in [0, 0.05) is 31.9 Å². The molecule has 1 saturated heterocycles. The third-order valence-corrected chi connectivity index (χ3v) is 4.53. The predicted molar refractivity (Wildman–Crippen MR) is 97.3 cm³/mol. The average Bonchev–Trinajstić information content (AvgIpc) is 2.63. The maximum absolute atomic E-state index is 10.3. The van der Waals surface area contributed by atoms with Gasteiger partial charge in [-0.2, -0.15) is 0 Å². The minimum absolute atomic E-state index is 0.473. The largest absolute Gasteiger partial charge is 0.387 e. The van der Waals surface area contributed by atoms with E-state index in [1.807, 2.05) is 31.2 Å². The van der Waals surface area contributed by atoms with Crippen molar-refractivity contribution in [2.75, 3.05) is 37.7 Å². The second-order valence-electron chi connectivity index (χ2n) is 6.27.